The van der Waals surface area contributed by atoms with Crippen molar-refractivity contribution < 1.29 is 47.4 Å². The summed E-state index contributed by atoms with van der Waals surface area (Å²) in [5.74, 6) is -1.02. The minimum atomic E-state index is -1.02. The minimum absolute atomic E-state index is 0. The SMILES string of the molecule is Cc1ccc(CC(C(=O)O)N(C)[C-]=O)cc1C.[Y]. The van der Waals surface area contributed by atoms with Crippen molar-refractivity contribution in [1.82, 2.24) is 4.90 Å². The van der Waals surface area contributed by atoms with Crippen LogP contribution in [-0.4, -0.2) is 35.5 Å². The number of aliphatic carboxylic acids is 1. The molecule has 1 atom stereocenters. The van der Waals surface area contributed by atoms with Gasteiger partial charge in [-0.1, -0.05) is 18.2 Å². The van der Waals surface area contributed by atoms with E-state index in [4.69, 9.17) is 5.11 Å². The fourth-order valence-electron chi connectivity index (χ4n) is 1.61. The topological polar surface area (TPSA) is 57.6 Å². The predicted molar refractivity (Wildman–Crippen MR) is 64.5 cm³/mol. The van der Waals surface area contributed by atoms with Crippen LogP contribution in [-0.2, 0) is 48.7 Å². The van der Waals surface area contributed by atoms with Gasteiger partial charge in [0.25, 0.3) is 0 Å². The van der Waals surface area contributed by atoms with Crippen LogP contribution in [0.4, 0.5) is 0 Å². The van der Waals surface area contributed by atoms with Gasteiger partial charge in [-0.15, -0.1) is 0 Å². The summed E-state index contributed by atoms with van der Waals surface area (Å²) in [7, 11) is 1.42. The van der Waals surface area contributed by atoms with Gasteiger partial charge in [0.15, 0.2) is 0 Å². The standard InChI is InChI=1S/C13H16NO3.Y/c1-9-4-5-11(6-10(9)2)7-12(13(16)17)14(3)8-15;/h4-6,12H,7H2,1-3H3,(H,16,17);/q-1;. The Morgan fingerprint density at radius 2 is 2.00 bits per heavy atom. The van der Waals surface area contributed by atoms with Crippen molar-refractivity contribution in [3.8, 4) is 0 Å². The molecule has 1 radical (unpaired) electrons. The maximum Gasteiger partial charge on any atom is 0.324 e. The zero-order chi connectivity index (χ0) is 13.0. The summed E-state index contributed by atoms with van der Waals surface area (Å²) in [5.41, 5.74) is 3.18. The Kier molecular flexibility index (Phi) is 7.33. The van der Waals surface area contributed by atoms with Crippen molar-refractivity contribution >= 4 is 12.4 Å². The second-order valence-corrected chi connectivity index (χ2v) is 4.18. The van der Waals surface area contributed by atoms with Crippen molar-refractivity contribution in [3.63, 3.8) is 0 Å². The summed E-state index contributed by atoms with van der Waals surface area (Å²) < 4.78 is 0. The Hall–Kier alpha value is -0.736. The molecule has 0 aliphatic rings. The number of hydrogen-bond acceptors (Lipinski definition) is 2. The minimum Gasteiger partial charge on any atom is -0.520 e. The molecule has 0 aromatic heterocycles. The van der Waals surface area contributed by atoms with Gasteiger partial charge >= 0.3 is 5.97 Å². The zero-order valence-corrected chi connectivity index (χ0v) is 13.6. The Balaban J connectivity index is 0.00000289. The summed E-state index contributed by atoms with van der Waals surface area (Å²) >= 11 is 0. The van der Waals surface area contributed by atoms with Crippen LogP contribution in [0.15, 0.2) is 18.2 Å². The molecule has 0 fully saturated rings. The van der Waals surface area contributed by atoms with E-state index in [1.807, 2.05) is 32.0 Å². The van der Waals surface area contributed by atoms with Crippen LogP contribution in [0.5, 0.6) is 0 Å². The number of rotatable bonds is 5. The van der Waals surface area contributed by atoms with Gasteiger partial charge in [-0.05, 0) is 37.6 Å². The molecule has 1 aromatic rings. The Labute approximate surface area is 132 Å². The molecule has 1 unspecified atom stereocenters. The van der Waals surface area contributed by atoms with Gasteiger partial charge in [-0.2, -0.15) is 6.41 Å². The van der Waals surface area contributed by atoms with E-state index in [9.17, 15) is 9.59 Å². The summed E-state index contributed by atoms with van der Waals surface area (Å²) in [6.07, 6.45) is 1.89. The van der Waals surface area contributed by atoms with E-state index < -0.39 is 12.0 Å². The van der Waals surface area contributed by atoms with Crippen LogP contribution in [0.1, 0.15) is 16.7 Å². The molecule has 0 bridgehead atoms. The van der Waals surface area contributed by atoms with Crippen molar-refractivity contribution in [2.45, 2.75) is 26.3 Å². The third kappa shape index (κ3) is 4.50. The fraction of sp³-hybridized carbons (Fsp3) is 0.385. The molecular formula is C13H16NO3Y-. The van der Waals surface area contributed by atoms with Gasteiger partial charge in [-0.3, -0.25) is 4.79 Å². The molecule has 0 aliphatic carbocycles. The second kappa shape index (κ2) is 7.64. The smallest absolute Gasteiger partial charge is 0.324 e. The van der Waals surface area contributed by atoms with Crippen LogP contribution >= 0.6 is 0 Å². The number of aryl methyl sites for hydroxylation is 2. The number of carboxylic acids is 1. The fourth-order valence-corrected chi connectivity index (χ4v) is 1.61. The normalized spacial score (nSPS) is 11.3. The van der Waals surface area contributed by atoms with Crippen molar-refractivity contribution in [1.29, 1.82) is 0 Å². The third-order valence-electron chi connectivity index (χ3n) is 2.90. The third-order valence-corrected chi connectivity index (χ3v) is 2.90. The average Bonchev–Trinajstić information content (AvgIpc) is 2.29. The molecule has 0 spiro atoms. The molecule has 1 N–H and O–H groups in total. The zero-order valence-electron chi connectivity index (χ0n) is 10.8. The maximum absolute atomic E-state index is 11.0. The first-order chi connectivity index (χ1) is 7.95. The van der Waals surface area contributed by atoms with Crippen LogP contribution in [0, 0.1) is 13.8 Å². The van der Waals surface area contributed by atoms with Gasteiger partial charge in [-0.25, -0.2) is 0 Å². The molecule has 0 aliphatic heterocycles. The van der Waals surface area contributed by atoms with Crippen LogP contribution < -0.4 is 0 Å². The summed E-state index contributed by atoms with van der Waals surface area (Å²) in [5, 5.41) is 9.04. The molecule has 5 heteroatoms. The average molecular weight is 323 g/mol. The van der Waals surface area contributed by atoms with E-state index in [0.717, 1.165) is 21.6 Å². The molecule has 1 rings (SSSR count). The Bertz CT molecular complexity index is 434. The van der Waals surface area contributed by atoms with E-state index >= 15 is 0 Å². The van der Waals surface area contributed by atoms with Crippen LogP contribution in [0.3, 0.4) is 0 Å². The Morgan fingerprint density at radius 3 is 2.44 bits per heavy atom. The quantitative estimate of drug-likeness (QED) is 0.656. The van der Waals surface area contributed by atoms with E-state index in [2.05, 4.69) is 0 Å². The largest absolute Gasteiger partial charge is 0.520 e. The first-order valence-corrected chi connectivity index (χ1v) is 5.35. The number of benzene rings is 1. The molecule has 0 saturated carbocycles. The van der Waals surface area contributed by atoms with Crippen molar-refractivity contribution in [2.75, 3.05) is 7.05 Å². The molecule has 1 amide bonds. The van der Waals surface area contributed by atoms with Crippen molar-refractivity contribution in [3.05, 3.63) is 34.9 Å². The summed E-state index contributed by atoms with van der Waals surface area (Å²) in [4.78, 5) is 22.6. The monoisotopic (exact) mass is 323 g/mol. The molecule has 0 saturated heterocycles. The Morgan fingerprint density at radius 1 is 1.39 bits per heavy atom. The number of carbonyl (C=O) groups is 1. The van der Waals surface area contributed by atoms with Gasteiger partial charge in [0.1, 0.15) is 6.04 Å². The van der Waals surface area contributed by atoms with Crippen molar-refractivity contribution in [2.24, 2.45) is 0 Å². The predicted octanol–water partition coefficient (Wildman–Crippen LogP) is 1.30. The molecule has 0 heterocycles. The van der Waals surface area contributed by atoms with Crippen LogP contribution in [0.25, 0.3) is 0 Å². The molecule has 4 nitrogen and oxygen atoms in total. The van der Waals surface area contributed by atoms with E-state index in [0.29, 0.717) is 6.42 Å². The van der Waals surface area contributed by atoms with Gasteiger partial charge < -0.3 is 14.8 Å². The van der Waals surface area contributed by atoms with Gasteiger partial charge in [0.05, 0.1) is 0 Å². The number of nitrogens with zero attached hydrogens (tertiary/aromatic N) is 1. The molecular weight excluding hydrogens is 307 g/mol. The number of hydrogen-bond donors (Lipinski definition) is 1. The summed E-state index contributed by atoms with van der Waals surface area (Å²) in [6, 6.07) is 4.92. The molecule has 95 valence electrons. The number of carboxylic acid groups (broad SMARTS) is 1. The number of likely N-dealkylation sites (N-methyl/N-ethyl adjacent to an activating group) is 1. The maximum atomic E-state index is 11.0. The molecule has 1 aromatic carbocycles. The summed E-state index contributed by atoms with van der Waals surface area (Å²) in [6.45, 7) is 3.98. The van der Waals surface area contributed by atoms with Gasteiger partial charge in [0.2, 0.25) is 0 Å². The van der Waals surface area contributed by atoms with E-state index in [1.54, 1.807) is 6.41 Å². The number of carbonyl (C=O) groups excluding carboxylic acids is 1. The van der Waals surface area contributed by atoms with E-state index in [-0.39, 0.29) is 32.7 Å². The first-order valence-electron chi connectivity index (χ1n) is 5.35. The first kappa shape index (κ1) is 17.3. The number of amides is 1. The van der Waals surface area contributed by atoms with Gasteiger partial charge in [0, 0.05) is 39.1 Å². The van der Waals surface area contributed by atoms with E-state index in [1.165, 1.54) is 7.05 Å². The molecule has 18 heavy (non-hydrogen) atoms. The van der Waals surface area contributed by atoms with Crippen LogP contribution in [0.2, 0.25) is 0 Å². The second-order valence-electron chi connectivity index (χ2n) is 4.18.